The predicted octanol–water partition coefficient (Wildman–Crippen LogP) is 6.52. The van der Waals surface area contributed by atoms with Crippen LogP contribution in [-0.4, -0.2) is 83.3 Å². The van der Waals surface area contributed by atoms with Gasteiger partial charge in [-0.1, -0.05) is 60.1 Å². The second-order valence-electron chi connectivity index (χ2n) is 18.4. The molecule has 3 saturated carbocycles. The number of Topliss-reactive ketones (excluding diaryl/α,β-unsaturated/α-hetero) is 1. The van der Waals surface area contributed by atoms with Crippen LogP contribution in [0.25, 0.3) is 4.85 Å². The van der Waals surface area contributed by atoms with Gasteiger partial charge in [-0.3, -0.25) is 9.59 Å². The van der Waals surface area contributed by atoms with Crippen LogP contribution in [0.3, 0.4) is 0 Å². The molecule has 0 aromatic carbocycles. The Kier molecular flexibility index (Phi) is 9.66. The molecule has 0 N–H and O–H groups in total. The molecule has 5 aliphatic carbocycles. The second-order valence-corrected chi connectivity index (χ2v) is 18.4. The molecule has 0 aromatic heterocycles. The van der Waals surface area contributed by atoms with E-state index in [4.69, 9.17) is 35.0 Å². The quantitative estimate of drug-likeness (QED) is 0.216. The van der Waals surface area contributed by atoms with Gasteiger partial charge in [0.05, 0.1) is 18.6 Å². The lowest BCUT2D eigenvalue weighted by molar-refractivity contribution is -0.309. The SMILES string of the molecule is [C-]#[N+]C1=C[C@]2(C)C3=CC(=O)[C@@H]4[C@@H]5CC(C)(C)CC[C@]5(C(=O)O[C@@H]5O[C@H](COC)[C@@H](OC)[C@H](OC)[C@H]5OC)CC[C@@]4(C)[C@]3(C)CC[C@H]2C(C)(C)C1=O. The Labute approximate surface area is 304 Å². The highest BCUT2D eigenvalue weighted by Crippen LogP contribution is 2.74. The molecule has 0 amide bonds. The molecule has 0 spiro atoms. The van der Waals surface area contributed by atoms with Crippen LogP contribution in [0.1, 0.15) is 93.4 Å². The molecular formula is C41H59NO9. The smallest absolute Gasteiger partial charge is 0.314 e. The van der Waals surface area contributed by atoms with Gasteiger partial charge in [0, 0.05) is 45.2 Å². The number of ketones is 2. The van der Waals surface area contributed by atoms with Gasteiger partial charge < -0.3 is 33.2 Å². The number of carbonyl (C=O) groups excluding carboxylic acids is 3. The van der Waals surface area contributed by atoms with Crippen LogP contribution < -0.4 is 0 Å². The zero-order chi connectivity index (χ0) is 37.5. The monoisotopic (exact) mass is 709 g/mol. The average Bonchev–Trinajstić information content (AvgIpc) is 3.07. The van der Waals surface area contributed by atoms with Gasteiger partial charge in [-0.15, -0.1) is 0 Å². The largest absolute Gasteiger partial charge is 0.432 e. The molecule has 10 heteroatoms. The molecule has 10 nitrogen and oxygen atoms in total. The molecule has 51 heavy (non-hydrogen) atoms. The maximum absolute atomic E-state index is 14.9. The van der Waals surface area contributed by atoms with E-state index in [9.17, 15) is 14.4 Å². The minimum Gasteiger partial charge on any atom is -0.432 e. The summed E-state index contributed by atoms with van der Waals surface area (Å²) in [5.74, 6) is -1.08. The van der Waals surface area contributed by atoms with Crippen molar-refractivity contribution in [1.29, 1.82) is 0 Å². The first-order chi connectivity index (χ1) is 23.9. The molecule has 0 bridgehead atoms. The van der Waals surface area contributed by atoms with Gasteiger partial charge in [-0.05, 0) is 79.1 Å². The van der Waals surface area contributed by atoms with E-state index in [1.165, 1.54) is 0 Å². The van der Waals surface area contributed by atoms with Crippen LogP contribution in [0, 0.1) is 56.8 Å². The molecule has 1 saturated heterocycles. The lowest BCUT2D eigenvalue weighted by atomic mass is 9.34. The summed E-state index contributed by atoms with van der Waals surface area (Å²) in [7, 11) is 6.28. The Morgan fingerprint density at radius 2 is 1.55 bits per heavy atom. The van der Waals surface area contributed by atoms with Crippen molar-refractivity contribution in [2.24, 2.45) is 50.2 Å². The van der Waals surface area contributed by atoms with Gasteiger partial charge in [0.2, 0.25) is 12.0 Å². The fourth-order valence-corrected chi connectivity index (χ4v) is 12.3. The number of carbonyl (C=O) groups is 3. The van der Waals surface area contributed by atoms with Crippen molar-refractivity contribution in [3.63, 3.8) is 0 Å². The standard InChI is InChI=1S/C41H59NO9/c1-36(2)15-17-41(35(45)51-34-32(49-12)31(48-11)30(47-10)26(50-34)22-46-9)18-16-40(7)29(23(41)20-36)25(43)19-28-38(5)21-24(42-8)33(44)37(3,4)27(38)13-14-39(28,40)6/h19,21,23,26-27,29-32,34H,13-18,20,22H2,1-7,9-12H3/t23-,26+,27-,29-,30+,31-,32+,34-,38-,39+,40+,41-/m0/s1. The van der Waals surface area contributed by atoms with E-state index in [1.807, 2.05) is 26.0 Å². The topological polar surface area (TPSA) is 111 Å². The van der Waals surface area contributed by atoms with Gasteiger partial charge in [0.25, 0.3) is 0 Å². The van der Waals surface area contributed by atoms with E-state index in [1.54, 1.807) is 28.4 Å². The van der Waals surface area contributed by atoms with Crippen molar-refractivity contribution >= 4 is 17.5 Å². The maximum Gasteiger partial charge on any atom is 0.314 e. The number of fused-ring (bicyclic) bond motifs is 7. The van der Waals surface area contributed by atoms with Crippen molar-refractivity contribution in [3.05, 3.63) is 34.8 Å². The number of hydrogen-bond donors (Lipinski definition) is 0. The number of esters is 1. The summed E-state index contributed by atoms with van der Waals surface area (Å²) in [6.07, 6.45) is 5.39. The van der Waals surface area contributed by atoms with Crippen molar-refractivity contribution in [1.82, 2.24) is 0 Å². The molecule has 282 valence electrons. The summed E-state index contributed by atoms with van der Waals surface area (Å²) >= 11 is 0. The number of rotatable bonds is 7. The third kappa shape index (κ3) is 5.38. The highest BCUT2D eigenvalue weighted by atomic mass is 16.7. The maximum atomic E-state index is 14.9. The predicted molar refractivity (Wildman–Crippen MR) is 189 cm³/mol. The number of methoxy groups -OCH3 is 4. The fourth-order valence-electron chi connectivity index (χ4n) is 12.3. The number of allylic oxidation sites excluding steroid dienone is 4. The van der Waals surface area contributed by atoms with Crippen molar-refractivity contribution < 1.29 is 42.8 Å². The lowest BCUT2D eigenvalue weighted by Crippen LogP contribution is -2.66. The van der Waals surface area contributed by atoms with Crippen LogP contribution in [0.15, 0.2) is 23.4 Å². The van der Waals surface area contributed by atoms with Gasteiger partial charge >= 0.3 is 5.97 Å². The Morgan fingerprint density at radius 1 is 0.902 bits per heavy atom. The minimum absolute atomic E-state index is 0.0265. The van der Waals surface area contributed by atoms with Crippen LogP contribution in [0.4, 0.5) is 0 Å². The van der Waals surface area contributed by atoms with E-state index in [-0.39, 0.29) is 52.5 Å². The van der Waals surface area contributed by atoms with Gasteiger partial charge in [-0.25, -0.2) is 4.85 Å². The van der Waals surface area contributed by atoms with E-state index in [2.05, 4.69) is 39.5 Å². The molecule has 6 aliphatic rings. The van der Waals surface area contributed by atoms with Crippen molar-refractivity contribution in [3.8, 4) is 0 Å². The highest BCUT2D eigenvalue weighted by molar-refractivity contribution is 6.03. The number of nitrogens with zero attached hydrogens (tertiary/aromatic N) is 1. The molecule has 6 rings (SSSR count). The zero-order valence-corrected chi connectivity index (χ0v) is 32.6. The molecule has 0 unspecified atom stereocenters. The third-order valence-corrected chi connectivity index (χ3v) is 15.2. The van der Waals surface area contributed by atoms with Gasteiger partial charge in [-0.2, -0.15) is 0 Å². The van der Waals surface area contributed by atoms with Crippen molar-refractivity contribution in [2.75, 3.05) is 35.0 Å². The summed E-state index contributed by atoms with van der Waals surface area (Å²) in [5, 5.41) is 0. The molecule has 0 aromatic rings. The van der Waals surface area contributed by atoms with Crippen LogP contribution in [0.5, 0.6) is 0 Å². The first-order valence-corrected chi connectivity index (χ1v) is 18.7. The Bertz CT molecular complexity index is 1560. The van der Waals surface area contributed by atoms with Gasteiger partial charge in [0.1, 0.15) is 24.4 Å². The summed E-state index contributed by atoms with van der Waals surface area (Å²) in [6, 6.07) is 0. The lowest BCUT2D eigenvalue weighted by Gasteiger charge is -2.69. The fraction of sp³-hybridized carbons (Fsp3) is 0.805. The highest BCUT2D eigenvalue weighted by Gasteiger charge is 2.71. The number of ether oxygens (including phenoxy) is 6. The molecule has 0 radical (unpaired) electrons. The average molecular weight is 710 g/mol. The normalized spacial score (nSPS) is 45.5. The molecule has 12 atom stereocenters. The van der Waals surface area contributed by atoms with E-state index in [0.717, 1.165) is 24.8 Å². The Hall–Kier alpha value is -2.42. The first-order valence-electron chi connectivity index (χ1n) is 18.7. The summed E-state index contributed by atoms with van der Waals surface area (Å²) in [5.41, 5.74) is -1.91. The zero-order valence-electron chi connectivity index (χ0n) is 32.6. The second kappa shape index (κ2) is 12.9. The number of hydrogen-bond acceptors (Lipinski definition) is 9. The van der Waals surface area contributed by atoms with Crippen LogP contribution in [-0.2, 0) is 42.8 Å². The van der Waals surface area contributed by atoms with E-state index < -0.39 is 58.3 Å². The van der Waals surface area contributed by atoms with E-state index in [0.29, 0.717) is 25.7 Å². The molecule has 1 heterocycles. The minimum atomic E-state index is -1.06. The summed E-state index contributed by atoms with van der Waals surface area (Å²) < 4.78 is 35.6. The summed E-state index contributed by atoms with van der Waals surface area (Å²) in [6.45, 7) is 23.2. The molecular weight excluding hydrogens is 650 g/mol. The van der Waals surface area contributed by atoms with Crippen LogP contribution >= 0.6 is 0 Å². The Morgan fingerprint density at radius 3 is 2.16 bits per heavy atom. The van der Waals surface area contributed by atoms with Crippen molar-refractivity contribution in [2.45, 2.75) is 124 Å². The van der Waals surface area contributed by atoms with Crippen LogP contribution in [0.2, 0.25) is 0 Å². The molecule has 1 aliphatic heterocycles. The van der Waals surface area contributed by atoms with Gasteiger partial charge in [0.15, 0.2) is 11.6 Å². The summed E-state index contributed by atoms with van der Waals surface area (Å²) in [4.78, 5) is 47.0. The molecule has 4 fully saturated rings. The third-order valence-electron chi connectivity index (χ3n) is 15.2. The van der Waals surface area contributed by atoms with E-state index >= 15 is 0 Å². The first kappa shape index (κ1) is 38.3. The Balaban J connectivity index is 1.41.